The second kappa shape index (κ2) is 6.11. The Morgan fingerprint density at radius 3 is 1.91 bits per heavy atom. The fourth-order valence-corrected chi connectivity index (χ4v) is 2.84. The molecule has 0 atom stereocenters. The van der Waals surface area contributed by atoms with Crippen molar-refractivity contribution in [3.63, 3.8) is 0 Å². The third kappa shape index (κ3) is 4.33. The molecule has 1 aromatic rings. The molecule has 0 amide bonds. The van der Waals surface area contributed by atoms with Gasteiger partial charge in [0, 0.05) is 0 Å². The summed E-state index contributed by atoms with van der Waals surface area (Å²) < 4.78 is 5.69. The smallest absolute Gasteiger partial charge is 0.339 e. The number of carbonyl (C=O) groups is 2. The molecule has 0 aliphatic heterocycles. The first kappa shape index (κ1) is 18.2. The SMILES string of the molecule is Cc1ccc(C(=O)OC(C(C)(C)C)C(C)(C)C)c(C(=O)O)c1. The lowest BCUT2D eigenvalue weighted by Crippen LogP contribution is -2.42. The summed E-state index contributed by atoms with van der Waals surface area (Å²) in [5.41, 5.74) is 0.365. The van der Waals surface area contributed by atoms with Gasteiger partial charge < -0.3 is 9.84 Å². The van der Waals surface area contributed by atoms with Gasteiger partial charge in [0.1, 0.15) is 6.10 Å². The van der Waals surface area contributed by atoms with Gasteiger partial charge in [0.25, 0.3) is 0 Å². The van der Waals surface area contributed by atoms with Gasteiger partial charge in [-0.3, -0.25) is 0 Å². The van der Waals surface area contributed by atoms with Gasteiger partial charge in [0.2, 0.25) is 0 Å². The Labute approximate surface area is 132 Å². The van der Waals surface area contributed by atoms with E-state index in [4.69, 9.17) is 4.74 Å². The molecule has 0 heterocycles. The summed E-state index contributed by atoms with van der Waals surface area (Å²) in [6.45, 7) is 13.8. The Morgan fingerprint density at radius 2 is 1.50 bits per heavy atom. The number of hydrogen-bond acceptors (Lipinski definition) is 3. The van der Waals surface area contributed by atoms with Crippen LogP contribution in [0.2, 0.25) is 0 Å². The van der Waals surface area contributed by atoms with Crippen molar-refractivity contribution in [3.05, 3.63) is 34.9 Å². The molecule has 0 radical (unpaired) electrons. The van der Waals surface area contributed by atoms with Crippen LogP contribution in [0.4, 0.5) is 0 Å². The highest BCUT2D eigenvalue weighted by Gasteiger charge is 2.38. The van der Waals surface area contributed by atoms with Crippen molar-refractivity contribution in [1.29, 1.82) is 0 Å². The van der Waals surface area contributed by atoms with Gasteiger partial charge in [0.15, 0.2) is 0 Å². The first-order valence-electron chi connectivity index (χ1n) is 7.39. The van der Waals surface area contributed by atoms with Crippen LogP contribution >= 0.6 is 0 Å². The minimum atomic E-state index is -1.13. The predicted molar refractivity (Wildman–Crippen MR) is 86.3 cm³/mol. The number of aryl methyl sites for hydroxylation is 1. The van der Waals surface area contributed by atoms with Gasteiger partial charge in [-0.15, -0.1) is 0 Å². The average Bonchev–Trinajstić information content (AvgIpc) is 2.32. The topological polar surface area (TPSA) is 63.6 Å². The molecule has 0 bridgehead atoms. The standard InChI is InChI=1S/C18H26O4/c1-11-8-9-12(13(10-11)14(19)20)15(21)22-16(17(2,3)4)18(5,6)7/h8-10,16H,1-7H3,(H,19,20). The molecule has 0 saturated carbocycles. The number of ether oxygens (including phenoxy) is 1. The molecular formula is C18H26O4. The normalized spacial score (nSPS) is 12.4. The average molecular weight is 306 g/mol. The largest absolute Gasteiger partial charge is 0.478 e. The molecule has 0 fully saturated rings. The molecule has 1 aromatic carbocycles. The van der Waals surface area contributed by atoms with Crippen LogP contribution in [0.1, 0.15) is 67.8 Å². The molecule has 1 rings (SSSR count). The van der Waals surface area contributed by atoms with Gasteiger partial charge in [-0.2, -0.15) is 0 Å². The summed E-state index contributed by atoms with van der Waals surface area (Å²) in [7, 11) is 0. The molecule has 122 valence electrons. The summed E-state index contributed by atoms with van der Waals surface area (Å²) in [6.07, 6.45) is -0.338. The van der Waals surface area contributed by atoms with E-state index in [1.165, 1.54) is 12.1 Å². The van der Waals surface area contributed by atoms with E-state index in [1.54, 1.807) is 13.0 Å². The van der Waals surface area contributed by atoms with Crippen molar-refractivity contribution in [2.75, 3.05) is 0 Å². The molecule has 4 nitrogen and oxygen atoms in total. The van der Waals surface area contributed by atoms with Crippen LogP contribution in [0.3, 0.4) is 0 Å². The summed E-state index contributed by atoms with van der Waals surface area (Å²) in [5, 5.41) is 9.29. The van der Waals surface area contributed by atoms with E-state index in [-0.39, 0.29) is 28.1 Å². The second-order valence-electron chi connectivity index (χ2n) is 7.87. The molecule has 0 saturated heterocycles. The van der Waals surface area contributed by atoms with Crippen LogP contribution < -0.4 is 0 Å². The van der Waals surface area contributed by atoms with Crippen LogP contribution in [0.5, 0.6) is 0 Å². The fourth-order valence-electron chi connectivity index (χ4n) is 2.84. The van der Waals surface area contributed by atoms with Gasteiger partial charge in [0.05, 0.1) is 11.1 Å². The van der Waals surface area contributed by atoms with Crippen molar-refractivity contribution in [3.8, 4) is 0 Å². The third-order valence-electron chi connectivity index (χ3n) is 3.42. The van der Waals surface area contributed by atoms with Crippen LogP contribution in [-0.4, -0.2) is 23.1 Å². The molecule has 0 aromatic heterocycles. The zero-order chi connectivity index (χ0) is 17.3. The van der Waals surface area contributed by atoms with Crippen molar-refractivity contribution < 1.29 is 19.4 Å². The fraction of sp³-hybridized carbons (Fsp3) is 0.556. The Kier molecular flexibility index (Phi) is 5.06. The summed E-state index contributed by atoms with van der Waals surface area (Å²) in [5.74, 6) is -1.72. The minimum absolute atomic E-state index is 0.0217. The van der Waals surface area contributed by atoms with Gasteiger partial charge in [-0.25, -0.2) is 9.59 Å². The summed E-state index contributed by atoms with van der Waals surface area (Å²) in [4.78, 5) is 23.8. The van der Waals surface area contributed by atoms with E-state index in [2.05, 4.69) is 0 Å². The third-order valence-corrected chi connectivity index (χ3v) is 3.42. The van der Waals surface area contributed by atoms with Gasteiger partial charge >= 0.3 is 11.9 Å². The molecule has 0 unspecified atom stereocenters. The van der Waals surface area contributed by atoms with Crippen molar-refractivity contribution in [1.82, 2.24) is 0 Å². The number of carbonyl (C=O) groups excluding carboxylic acids is 1. The van der Waals surface area contributed by atoms with Crippen LogP contribution in [0, 0.1) is 17.8 Å². The molecule has 0 spiro atoms. The van der Waals surface area contributed by atoms with Gasteiger partial charge in [-0.05, 0) is 29.9 Å². The number of esters is 1. The van der Waals surface area contributed by atoms with E-state index >= 15 is 0 Å². The highest BCUT2D eigenvalue weighted by molar-refractivity contribution is 6.02. The number of carboxylic acids is 1. The Hall–Kier alpha value is -1.84. The van der Waals surface area contributed by atoms with E-state index in [0.717, 1.165) is 5.56 Å². The summed E-state index contributed by atoms with van der Waals surface area (Å²) >= 11 is 0. The molecule has 1 N–H and O–H groups in total. The predicted octanol–water partition coefficient (Wildman–Crippen LogP) is 4.31. The van der Waals surface area contributed by atoms with Crippen molar-refractivity contribution in [2.45, 2.75) is 54.6 Å². The molecule has 22 heavy (non-hydrogen) atoms. The first-order chi connectivity index (χ1) is 9.84. The summed E-state index contributed by atoms with van der Waals surface area (Å²) in [6, 6.07) is 4.72. The Bertz CT molecular complexity index is 560. The van der Waals surface area contributed by atoms with Crippen LogP contribution in [0.25, 0.3) is 0 Å². The van der Waals surface area contributed by atoms with E-state index < -0.39 is 11.9 Å². The number of rotatable bonds is 3. The number of benzene rings is 1. The van der Waals surface area contributed by atoms with Crippen LogP contribution in [0.15, 0.2) is 18.2 Å². The highest BCUT2D eigenvalue weighted by Crippen LogP contribution is 2.36. The molecule has 0 aliphatic carbocycles. The maximum absolute atomic E-state index is 12.5. The number of aromatic carboxylic acids is 1. The maximum atomic E-state index is 12.5. The lowest BCUT2D eigenvalue weighted by molar-refractivity contribution is -0.0516. The lowest BCUT2D eigenvalue weighted by atomic mass is 9.74. The first-order valence-corrected chi connectivity index (χ1v) is 7.39. The van der Waals surface area contributed by atoms with E-state index in [9.17, 15) is 14.7 Å². The monoisotopic (exact) mass is 306 g/mol. The zero-order valence-electron chi connectivity index (χ0n) is 14.5. The van der Waals surface area contributed by atoms with E-state index in [0.29, 0.717) is 0 Å². The van der Waals surface area contributed by atoms with Crippen LogP contribution in [-0.2, 0) is 4.74 Å². The number of carboxylic acid groups (broad SMARTS) is 1. The molecule has 0 aliphatic rings. The minimum Gasteiger partial charge on any atom is -0.478 e. The lowest BCUT2D eigenvalue weighted by Gasteiger charge is -2.39. The molecular weight excluding hydrogens is 280 g/mol. The van der Waals surface area contributed by atoms with Crippen molar-refractivity contribution >= 4 is 11.9 Å². The van der Waals surface area contributed by atoms with Crippen molar-refractivity contribution in [2.24, 2.45) is 10.8 Å². The maximum Gasteiger partial charge on any atom is 0.339 e. The molecule has 4 heteroatoms. The van der Waals surface area contributed by atoms with E-state index in [1.807, 2.05) is 41.5 Å². The number of hydrogen-bond donors (Lipinski definition) is 1. The Balaban J connectivity index is 3.19. The zero-order valence-corrected chi connectivity index (χ0v) is 14.5. The Morgan fingerprint density at radius 1 is 1.00 bits per heavy atom. The highest BCUT2D eigenvalue weighted by atomic mass is 16.5. The van der Waals surface area contributed by atoms with Gasteiger partial charge in [-0.1, -0.05) is 53.2 Å². The second-order valence-corrected chi connectivity index (χ2v) is 7.87. The quantitative estimate of drug-likeness (QED) is 0.845.